The van der Waals surface area contributed by atoms with Gasteiger partial charge in [0.1, 0.15) is 42.2 Å². The van der Waals surface area contributed by atoms with Crippen molar-refractivity contribution < 1.29 is 54.8 Å². The molecule has 1 rings (SSSR count). The van der Waals surface area contributed by atoms with Crippen molar-refractivity contribution in [2.75, 3.05) is 19.8 Å². The van der Waals surface area contributed by atoms with E-state index in [0.29, 0.717) is 0 Å². The molecule has 1 aliphatic rings. The zero-order valence-electron chi connectivity index (χ0n) is 17.2. The third-order valence-electron chi connectivity index (χ3n) is 4.43. The van der Waals surface area contributed by atoms with Gasteiger partial charge < -0.3 is 61.0 Å². The average molecular weight is 442 g/mol. The fraction of sp³-hybridized carbons (Fsp3) is 0.941. The molecule has 0 bridgehead atoms. The van der Waals surface area contributed by atoms with Crippen LogP contribution in [0.4, 0.5) is 4.79 Å². The van der Waals surface area contributed by atoms with Gasteiger partial charge in [0.2, 0.25) is 0 Å². The largest absolute Gasteiger partial charge is 0.444 e. The topological polar surface area (TPSA) is 224 Å². The van der Waals surface area contributed by atoms with E-state index in [0.717, 1.165) is 0 Å². The minimum atomic E-state index is -1.78. The first-order valence-corrected chi connectivity index (χ1v) is 9.47. The molecular formula is C17H34N2O11. The molecule has 0 aromatic heterocycles. The first-order valence-electron chi connectivity index (χ1n) is 9.47. The van der Waals surface area contributed by atoms with Gasteiger partial charge in [0.25, 0.3) is 0 Å². The van der Waals surface area contributed by atoms with Crippen LogP contribution in [0.25, 0.3) is 0 Å². The van der Waals surface area contributed by atoms with Crippen LogP contribution in [-0.4, -0.2) is 122 Å². The van der Waals surface area contributed by atoms with Crippen LogP contribution in [0.5, 0.6) is 0 Å². The van der Waals surface area contributed by atoms with Crippen molar-refractivity contribution in [2.45, 2.75) is 81.4 Å². The van der Waals surface area contributed by atoms with Gasteiger partial charge in [0.15, 0.2) is 6.29 Å². The maximum Gasteiger partial charge on any atom is 0.408 e. The number of ether oxygens (including phenoxy) is 3. The standard InChI is InChI=1S/C17H34N2O11/c1-17(2,3)30-16(27)19-7(4-20)11(24)14(8(23)5-21)29-15-10(18)13(26)12(25)9(6-22)28-15/h7-15,20-26H,4-6,18H2,1-3H3,(H,19,27)/t7?,8?,9?,10?,11-,12+,13-,14+,15-/m0/s1. The summed E-state index contributed by atoms with van der Waals surface area (Å²) in [6.45, 7) is 2.49. The number of hydrogen-bond acceptors (Lipinski definition) is 12. The van der Waals surface area contributed by atoms with E-state index in [-0.39, 0.29) is 0 Å². The van der Waals surface area contributed by atoms with Crippen LogP contribution < -0.4 is 11.1 Å². The Hall–Kier alpha value is -1.13. The molecular weight excluding hydrogens is 408 g/mol. The van der Waals surface area contributed by atoms with Gasteiger partial charge in [-0.1, -0.05) is 0 Å². The van der Waals surface area contributed by atoms with Gasteiger partial charge in [-0.25, -0.2) is 4.79 Å². The second kappa shape index (κ2) is 11.5. The highest BCUT2D eigenvalue weighted by atomic mass is 16.7. The summed E-state index contributed by atoms with van der Waals surface area (Å²) in [7, 11) is 0. The molecule has 0 spiro atoms. The summed E-state index contributed by atoms with van der Waals surface area (Å²) in [5.74, 6) is 0. The Morgan fingerprint density at radius 3 is 2.20 bits per heavy atom. The molecule has 10 N–H and O–H groups in total. The van der Waals surface area contributed by atoms with E-state index < -0.39 is 86.5 Å². The fourth-order valence-electron chi connectivity index (χ4n) is 2.81. The van der Waals surface area contributed by atoms with E-state index in [9.17, 15) is 40.5 Å². The molecule has 1 heterocycles. The van der Waals surface area contributed by atoms with Crippen LogP contribution in [0.15, 0.2) is 0 Å². The molecule has 1 saturated heterocycles. The lowest BCUT2D eigenvalue weighted by Gasteiger charge is -2.43. The Morgan fingerprint density at radius 1 is 1.13 bits per heavy atom. The number of nitrogens with two attached hydrogens (primary N) is 1. The van der Waals surface area contributed by atoms with E-state index in [1.54, 1.807) is 20.8 Å². The zero-order chi connectivity index (χ0) is 23.2. The van der Waals surface area contributed by atoms with Crippen LogP contribution in [0.2, 0.25) is 0 Å². The highest BCUT2D eigenvalue weighted by Crippen LogP contribution is 2.24. The molecule has 13 heteroatoms. The number of alkyl carbamates (subject to hydrolysis) is 1. The van der Waals surface area contributed by atoms with Crippen molar-refractivity contribution >= 4 is 6.09 Å². The highest BCUT2D eigenvalue weighted by molar-refractivity contribution is 5.68. The van der Waals surface area contributed by atoms with Gasteiger partial charge in [-0.2, -0.15) is 0 Å². The molecule has 178 valence electrons. The van der Waals surface area contributed by atoms with Crippen molar-refractivity contribution in [1.29, 1.82) is 0 Å². The summed E-state index contributed by atoms with van der Waals surface area (Å²) in [5.41, 5.74) is 4.92. The second-order valence-corrected chi connectivity index (χ2v) is 8.06. The van der Waals surface area contributed by atoms with E-state index in [2.05, 4.69) is 5.32 Å². The molecule has 1 aliphatic heterocycles. The zero-order valence-corrected chi connectivity index (χ0v) is 17.2. The van der Waals surface area contributed by atoms with E-state index in [4.69, 9.17) is 19.9 Å². The summed E-state index contributed by atoms with van der Waals surface area (Å²) < 4.78 is 15.8. The van der Waals surface area contributed by atoms with Crippen molar-refractivity contribution in [3.05, 3.63) is 0 Å². The Labute approximate surface area is 174 Å². The first kappa shape index (κ1) is 26.9. The molecule has 0 aliphatic carbocycles. The normalized spacial score (nSPS) is 31.5. The predicted octanol–water partition coefficient (Wildman–Crippen LogP) is -4.26. The monoisotopic (exact) mass is 442 g/mol. The van der Waals surface area contributed by atoms with Crippen LogP contribution in [0.3, 0.4) is 0 Å². The van der Waals surface area contributed by atoms with E-state index in [1.807, 2.05) is 0 Å². The number of amides is 1. The lowest BCUT2D eigenvalue weighted by atomic mass is 9.97. The summed E-state index contributed by atoms with van der Waals surface area (Å²) >= 11 is 0. The summed E-state index contributed by atoms with van der Waals surface area (Å²) in [5, 5.41) is 70.9. The van der Waals surface area contributed by atoms with Crippen molar-refractivity contribution in [2.24, 2.45) is 5.73 Å². The molecule has 9 atom stereocenters. The van der Waals surface area contributed by atoms with Crippen molar-refractivity contribution in [3.63, 3.8) is 0 Å². The van der Waals surface area contributed by atoms with Gasteiger partial charge in [0, 0.05) is 0 Å². The molecule has 0 radical (unpaired) electrons. The van der Waals surface area contributed by atoms with Gasteiger partial charge in [-0.15, -0.1) is 0 Å². The number of nitrogens with one attached hydrogen (secondary N) is 1. The molecule has 4 unspecified atom stereocenters. The first-order chi connectivity index (χ1) is 13.9. The quantitative estimate of drug-likeness (QED) is 0.165. The van der Waals surface area contributed by atoms with Crippen molar-refractivity contribution in [1.82, 2.24) is 5.32 Å². The van der Waals surface area contributed by atoms with Gasteiger partial charge in [-0.3, -0.25) is 0 Å². The summed E-state index contributed by atoms with van der Waals surface area (Å²) in [6.07, 6.45) is -11.9. The lowest BCUT2D eigenvalue weighted by molar-refractivity contribution is -0.296. The third kappa shape index (κ3) is 7.23. The number of carbonyl (C=O) groups is 1. The molecule has 30 heavy (non-hydrogen) atoms. The number of aliphatic hydroxyl groups excluding tert-OH is 7. The van der Waals surface area contributed by atoms with Crippen LogP contribution in [-0.2, 0) is 14.2 Å². The SMILES string of the molecule is CC(C)(C)OC(=O)NC(CO)[C@H](O)[C@H](O[C@@H]1OC(CO)[C@@H](O)[C@@H](O)C1N)C(O)CO. The van der Waals surface area contributed by atoms with E-state index in [1.165, 1.54) is 0 Å². The maximum absolute atomic E-state index is 12.0. The number of carbonyl (C=O) groups excluding carboxylic acids is 1. The van der Waals surface area contributed by atoms with Gasteiger partial charge >= 0.3 is 6.09 Å². The molecule has 0 saturated carbocycles. The molecule has 1 fully saturated rings. The molecule has 0 aromatic rings. The second-order valence-electron chi connectivity index (χ2n) is 8.06. The van der Waals surface area contributed by atoms with Crippen LogP contribution >= 0.6 is 0 Å². The maximum atomic E-state index is 12.0. The van der Waals surface area contributed by atoms with Crippen LogP contribution in [0, 0.1) is 0 Å². The fourth-order valence-corrected chi connectivity index (χ4v) is 2.81. The highest BCUT2D eigenvalue weighted by Gasteiger charge is 2.46. The number of aliphatic hydroxyl groups is 7. The van der Waals surface area contributed by atoms with Crippen LogP contribution in [0.1, 0.15) is 20.8 Å². The molecule has 13 nitrogen and oxygen atoms in total. The predicted molar refractivity (Wildman–Crippen MR) is 100.0 cm³/mol. The summed E-state index contributed by atoms with van der Waals surface area (Å²) in [4.78, 5) is 12.0. The smallest absolute Gasteiger partial charge is 0.408 e. The number of rotatable bonds is 9. The average Bonchev–Trinajstić information content (AvgIpc) is 2.67. The Morgan fingerprint density at radius 2 is 1.73 bits per heavy atom. The molecule has 0 aromatic carbocycles. The lowest BCUT2D eigenvalue weighted by Crippen LogP contribution is -2.65. The summed E-state index contributed by atoms with van der Waals surface area (Å²) in [6, 6.07) is -2.72. The number of hydrogen-bond donors (Lipinski definition) is 9. The Balaban J connectivity index is 2.97. The van der Waals surface area contributed by atoms with Gasteiger partial charge in [0.05, 0.1) is 31.9 Å². The minimum absolute atomic E-state index is 0.681. The Kier molecular flexibility index (Phi) is 10.3. The van der Waals surface area contributed by atoms with Crippen molar-refractivity contribution in [3.8, 4) is 0 Å². The third-order valence-corrected chi connectivity index (χ3v) is 4.43. The Bertz CT molecular complexity index is 530. The van der Waals surface area contributed by atoms with E-state index >= 15 is 0 Å². The minimum Gasteiger partial charge on any atom is -0.444 e. The van der Waals surface area contributed by atoms with Gasteiger partial charge in [-0.05, 0) is 20.8 Å². The molecule has 1 amide bonds.